The summed E-state index contributed by atoms with van der Waals surface area (Å²) in [6.07, 6.45) is 1.00. The van der Waals surface area contributed by atoms with Gasteiger partial charge in [-0.1, -0.05) is 17.4 Å². The highest BCUT2D eigenvalue weighted by Crippen LogP contribution is 2.28. The predicted molar refractivity (Wildman–Crippen MR) is 103 cm³/mol. The van der Waals surface area contributed by atoms with Gasteiger partial charge in [0, 0.05) is 30.6 Å². The second-order valence-electron chi connectivity index (χ2n) is 5.79. The van der Waals surface area contributed by atoms with Crippen molar-refractivity contribution in [1.29, 1.82) is 0 Å². The maximum atomic E-state index is 12.0. The Labute approximate surface area is 157 Å². The van der Waals surface area contributed by atoms with Crippen molar-refractivity contribution in [3.8, 4) is 11.5 Å². The summed E-state index contributed by atoms with van der Waals surface area (Å²) in [5, 5.41) is 4.71. The van der Waals surface area contributed by atoms with E-state index in [2.05, 4.69) is 5.32 Å². The van der Waals surface area contributed by atoms with Crippen LogP contribution in [0.5, 0.6) is 11.5 Å². The largest absolute Gasteiger partial charge is 0.490 e. The second-order valence-corrected chi connectivity index (χ2v) is 6.61. The third-order valence-electron chi connectivity index (χ3n) is 3.88. The number of ether oxygens (including phenoxy) is 2. The molecule has 0 radical (unpaired) electrons. The van der Waals surface area contributed by atoms with Crippen molar-refractivity contribution in [1.82, 2.24) is 9.88 Å². The number of carbonyl (C=O) groups excluding carboxylic acids is 1. The van der Waals surface area contributed by atoms with Gasteiger partial charge in [0.25, 0.3) is 0 Å². The highest BCUT2D eigenvalue weighted by atomic mass is 32.1. The number of aryl methyl sites for hydroxylation is 1. The molecule has 2 aromatic rings. The fraction of sp³-hybridized carbons (Fsp3) is 0.474. The molecule has 0 aliphatic carbocycles. The lowest BCUT2D eigenvalue weighted by molar-refractivity contribution is -0.121. The Kier molecular flexibility index (Phi) is 7.72. The SMILES string of the molecule is CCOc1ccc(CCNC(=O)CCn2c(C)csc2=O)cc1OCC. The van der Waals surface area contributed by atoms with Crippen LogP contribution in [0.25, 0.3) is 0 Å². The Morgan fingerprint density at radius 3 is 2.58 bits per heavy atom. The average Bonchev–Trinajstić information content (AvgIpc) is 2.94. The van der Waals surface area contributed by atoms with Crippen LogP contribution in [0.1, 0.15) is 31.5 Å². The quantitative estimate of drug-likeness (QED) is 0.690. The second kappa shape index (κ2) is 10.0. The molecular weight excluding hydrogens is 352 g/mol. The maximum absolute atomic E-state index is 12.0. The highest BCUT2D eigenvalue weighted by molar-refractivity contribution is 7.07. The number of hydrogen-bond acceptors (Lipinski definition) is 5. The zero-order valence-corrected chi connectivity index (χ0v) is 16.4. The maximum Gasteiger partial charge on any atom is 0.307 e. The molecule has 1 N–H and O–H groups in total. The fourth-order valence-corrected chi connectivity index (χ4v) is 3.33. The Balaban J connectivity index is 1.82. The summed E-state index contributed by atoms with van der Waals surface area (Å²) in [5.74, 6) is 1.41. The number of amides is 1. The molecule has 1 heterocycles. The molecule has 0 atom stereocenters. The number of nitrogens with zero attached hydrogens (tertiary/aromatic N) is 1. The van der Waals surface area contributed by atoms with E-state index in [1.54, 1.807) is 4.57 Å². The predicted octanol–water partition coefficient (Wildman–Crippen LogP) is 2.76. The summed E-state index contributed by atoms with van der Waals surface area (Å²) in [4.78, 5) is 23.6. The first kappa shape index (κ1) is 20.0. The molecule has 1 amide bonds. The molecule has 7 heteroatoms. The standard InChI is InChI=1S/C19H26N2O4S/c1-4-24-16-7-6-15(12-17(16)25-5-2)8-10-20-18(22)9-11-21-14(3)13-26-19(21)23/h6-7,12-13H,4-5,8-11H2,1-3H3,(H,20,22). The average molecular weight is 378 g/mol. The van der Waals surface area contributed by atoms with Gasteiger partial charge in [0.2, 0.25) is 5.91 Å². The molecule has 1 aromatic heterocycles. The minimum absolute atomic E-state index is 0.0202. The van der Waals surface area contributed by atoms with Crippen molar-refractivity contribution in [3.05, 3.63) is 44.5 Å². The van der Waals surface area contributed by atoms with Crippen molar-refractivity contribution in [3.63, 3.8) is 0 Å². The number of aromatic nitrogens is 1. The third-order valence-corrected chi connectivity index (χ3v) is 4.76. The number of carbonyl (C=O) groups is 1. The molecule has 2 rings (SSSR count). The van der Waals surface area contributed by atoms with Crippen LogP contribution in [0.4, 0.5) is 0 Å². The van der Waals surface area contributed by atoms with Gasteiger partial charge in [-0.2, -0.15) is 0 Å². The minimum Gasteiger partial charge on any atom is -0.490 e. The van der Waals surface area contributed by atoms with Crippen LogP contribution in [0, 0.1) is 6.92 Å². The lowest BCUT2D eigenvalue weighted by atomic mass is 10.1. The molecule has 0 fully saturated rings. The van der Waals surface area contributed by atoms with Gasteiger partial charge in [0.15, 0.2) is 11.5 Å². The van der Waals surface area contributed by atoms with Crippen molar-refractivity contribution in [2.75, 3.05) is 19.8 Å². The van der Waals surface area contributed by atoms with Gasteiger partial charge in [-0.25, -0.2) is 0 Å². The Morgan fingerprint density at radius 2 is 1.92 bits per heavy atom. The van der Waals surface area contributed by atoms with E-state index in [9.17, 15) is 9.59 Å². The lowest BCUT2D eigenvalue weighted by Gasteiger charge is -2.12. The normalized spacial score (nSPS) is 10.6. The van der Waals surface area contributed by atoms with E-state index in [-0.39, 0.29) is 10.8 Å². The summed E-state index contributed by atoms with van der Waals surface area (Å²) in [6.45, 7) is 7.85. The van der Waals surface area contributed by atoms with Crippen LogP contribution in [0.15, 0.2) is 28.4 Å². The monoisotopic (exact) mass is 378 g/mol. The van der Waals surface area contributed by atoms with E-state index in [1.165, 1.54) is 0 Å². The van der Waals surface area contributed by atoms with Crippen LogP contribution in [0.3, 0.4) is 0 Å². The summed E-state index contributed by atoms with van der Waals surface area (Å²) < 4.78 is 12.8. The number of nitrogens with one attached hydrogen (secondary N) is 1. The zero-order chi connectivity index (χ0) is 18.9. The van der Waals surface area contributed by atoms with E-state index in [0.717, 1.165) is 34.1 Å². The van der Waals surface area contributed by atoms with E-state index in [1.807, 2.05) is 44.4 Å². The number of hydrogen-bond donors (Lipinski definition) is 1. The Bertz CT molecular complexity index is 782. The first-order chi connectivity index (χ1) is 12.5. The van der Waals surface area contributed by atoms with Crippen molar-refractivity contribution in [2.45, 2.75) is 40.2 Å². The van der Waals surface area contributed by atoms with E-state index >= 15 is 0 Å². The molecule has 0 spiro atoms. The van der Waals surface area contributed by atoms with E-state index < -0.39 is 0 Å². The first-order valence-electron chi connectivity index (χ1n) is 8.85. The van der Waals surface area contributed by atoms with Gasteiger partial charge in [0.05, 0.1) is 13.2 Å². The Hall–Kier alpha value is -2.28. The summed E-state index contributed by atoms with van der Waals surface area (Å²) >= 11 is 1.16. The van der Waals surface area contributed by atoms with Gasteiger partial charge in [-0.3, -0.25) is 9.59 Å². The molecule has 1 aromatic carbocycles. The smallest absolute Gasteiger partial charge is 0.307 e. The van der Waals surface area contributed by atoms with Crippen LogP contribution in [-0.2, 0) is 17.8 Å². The number of rotatable bonds is 10. The zero-order valence-electron chi connectivity index (χ0n) is 15.5. The first-order valence-corrected chi connectivity index (χ1v) is 9.73. The molecular formula is C19H26N2O4S. The highest BCUT2D eigenvalue weighted by Gasteiger charge is 2.08. The van der Waals surface area contributed by atoms with Crippen molar-refractivity contribution in [2.24, 2.45) is 0 Å². The van der Waals surface area contributed by atoms with Crippen LogP contribution >= 0.6 is 11.3 Å². The molecule has 0 unspecified atom stereocenters. The summed E-state index contributed by atoms with van der Waals surface area (Å²) in [7, 11) is 0. The van der Waals surface area contributed by atoms with E-state index in [4.69, 9.17) is 9.47 Å². The van der Waals surface area contributed by atoms with Gasteiger partial charge < -0.3 is 19.4 Å². The van der Waals surface area contributed by atoms with Gasteiger partial charge in [0.1, 0.15) is 0 Å². The summed E-state index contributed by atoms with van der Waals surface area (Å²) in [6, 6.07) is 5.83. The molecule has 6 nitrogen and oxygen atoms in total. The van der Waals surface area contributed by atoms with Gasteiger partial charge in [-0.05, 0) is 44.9 Å². The third kappa shape index (κ3) is 5.62. The van der Waals surface area contributed by atoms with Crippen LogP contribution < -0.4 is 19.7 Å². The fourth-order valence-electron chi connectivity index (χ4n) is 2.57. The minimum atomic E-state index is -0.0570. The molecule has 0 saturated heterocycles. The number of benzene rings is 1. The molecule has 26 heavy (non-hydrogen) atoms. The summed E-state index contributed by atoms with van der Waals surface area (Å²) in [5.41, 5.74) is 1.97. The topological polar surface area (TPSA) is 69.6 Å². The molecule has 142 valence electrons. The van der Waals surface area contributed by atoms with Gasteiger partial charge in [-0.15, -0.1) is 0 Å². The van der Waals surface area contributed by atoms with E-state index in [0.29, 0.717) is 39.1 Å². The van der Waals surface area contributed by atoms with Gasteiger partial charge >= 0.3 is 4.87 Å². The van der Waals surface area contributed by atoms with Crippen LogP contribution in [-0.4, -0.2) is 30.2 Å². The molecule has 0 bridgehead atoms. The van der Waals surface area contributed by atoms with Crippen molar-refractivity contribution >= 4 is 17.2 Å². The Morgan fingerprint density at radius 1 is 1.19 bits per heavy atom. The molecule has 0 aliphatic heterocycles. The van der Waals surface area contributed by atoms with Crippen molar-refractivity contribution < 1.29 is 14.3 Å². The molecule has 0 saturated carbocycles. The van der Waals surface area contributed by atoms with Crippen LogP contribution in [0.2, 0.25) is 0 Å². The molecule has 0 aliphatic rings. The lowest BCUT2D eigenvalue weighted by Crippen LogP contribution is -2.28. The number of thiazole rings is 1.